The van der Waals surface area contributed by atoms with E-state index in [1.807, 2.05) is 13.8 Å². The minimum atomic E-state index is -1.07. The Balaban J connectivity index is 2.55. The van der Waals surface area contributed by atoms with Gasteiger partial charge in [0.15, 0.2) is 5.78 Å². The molecule has 2 rings (SSSR count). The van der Waals surface area contributed by atoms with Gasteiger partial charge in [0, 0.05) is 5.57 Å². The largest absolute Gasteiger partial charge is 0.507 e. The molecule has 6 heteroatoms. The maximum absolute atomic E-state index is 12.2. The van der Waals surface area contributed by atoms with E-state index in [0.29, 0.717) is 0 Å². The molecule has 0 aromatic heterocycles. The van der Waals surface area contributed by atoms with E-state index in [4.69, 9.17) is 0 Å². The molecule has 4 N–H and O–H groups in total. The van der Waals surface area contributed by atoms with Crippen LogP contribution in [0.1, 0.15) is 36.2 Å². The van der Waals surface area contributed by atoms with Crippen molar-refractivity contribution in [3.05, 3.63) is 46.6 Å². The lowest BCUT2D eigenvalue weighted by atomic mass is 9.84. The average molecular weight is 303 g/mol. The molecule has 0 saturated heterocycles. The Kier molecular flexibility index (Phi) is 4.32. The lowest BCUT2D eigenvalue weighted by Gasteiger charge is -2.22. The quantitative estimate of drug-likeness (QED) is 0.296. The SMILES string of the molecule is CC(C)=CC[C@@H](O)C1=CC(=O)c2c(O)ccc(O)c2C1=NO. The van der Waals surface area contributed by atoms with E-state index >= 15 is 0 Å². The maximum atomic E-state index is 12.2. The van der Waals surface area contributed by atoms with Crippen molar-refractivity contribution >= 4 is 11.5 Å². The molecule has 1 aromatic rings. The highest BCUT2D eigenvalue weighted by Gasteiger charge is 2.32. The Morgan fingerprint density at radius 1 is 1.23 bits per heavy atom. The van der Waals surface area contributed by atoms with Crippen LogP contribution in [0.4, 0.5) is 0 Å². The minimum Gasteiger partial charge on any atom is -0.507 e. The highest BCUT2D eigenvalue weighted by Crippen LogP contribution is 2.36. The molecule has 0 fully saturated rings. The molecule has 0 bridgehead atoms. The second kappa shape index (κ2) is 6.03. The third-order valence-corrected chi connectivity index (χ3v) is 3.41. The Morgan fingerprint density at radius 3 is 2.36 bits per heavy atom. The summed E-state index contributed by atoms with van der Waals surface area (Å²) < 4.78 is 0. The molecule has 0 amide bonds. The molecular weight excluding hydrogens is 286 g/mol. The number of hydrogen-bond donors (Lipinski definition) is 4. The summed E-state index contributed by atoms with van der Waals surface area (Å²) in [5, 5.41) is 42.3. The average Bonchev–Trinajstić information content (AvgIpc) is 2.47. The van der Waals surface area contributed by atoms with Crippen molar-refractivity contribution in [3.63, 3.8) is 0 Å². The van der Waals surface area contributed by atoms with Gasteiger partial charge in [-0.05, 0) is 38.5 Å². The molecule has 0 radical (unpaired) electrons. The highest BCUT2D eigenvalue weighted by molar-refractivity contribution is 6.28. The van der Waals surface area contributed by atoms with Crippen molar-refractivity contribution in [2.45, 2.75) is 26.4 Å². The van der Waals surface area contributed by atoms with Crippen LogP contribution in [0.15, 0.2) is 40.6 Å². The monoisotopic (exact) mass is 303 g/mol. The Hall–Kier alpha value is -2.60. The molecule has 0 aliphatic heterocycles. The van der Waals surface area contributed by atoms with Crippen LogP contribution >= 0.6 is 0 Å². The van der Waals surface area contributed by atoms with E-state index in [0.717, 1.165) is 11.6 Å². The number of phenols is 2. The van der Waals surface area contributed by atoms with Gasteiger partial charge in [0.2, 0.25) is 0 Å². The van der Waals surface area contributed by atoms with Crippen molar-refractivity contribution in [2.24, 2.45) is 5.16 Å². The van der Waals surface area contributed by atoms with Crippen LogP contribution in [-0.4, -0.2) is 38.1 Å². The second-order valence-electron chi connectivity index (χ2n) is 5.30. The number of fused-ring (bicyclic) bond motifs is 1. The van der Waals surface area contributed by atoms with Crippen LogP contribution < -0.4 is 0 Å². The minimum absolute atomic E-state index is 0.0822. The van der Waals surface area contributed by atoms with Crippen LogP contribution in [0.25, 0.3) is 0 Å². The molecule has 6 nitrogen and oxygen atoms in total. The molecule has 1 aromatic carbocycles. The molecular formula is C16H17NO5. The number of carbonyl (C=O) groups is 1. The molecule has 1 aliphatic rings. The molecule has 0 spiro atoms. The number of aliphatic hydroxyl groups excluding tert-OH is 1. The summed E-state index contributed by atoms with van der Waals surface area (Å²) in [6.45, 7) is 3.74. The van der Waals surface area contributed by atoms with Gasteiger partial charge in [-0.25, -0.2) is 0 Å². The first-order valence-corrected chi connectivity index (χ1v) is 6.72. The van der Waals surface area contributed by atoms with E-state index in [1.54, 1.807) is 6.08 Å². The highest BCUT2D eigenvalue weighted by atomic mass is 16.4. The van der Waals surface area contributed by atoms with Crippen molar-refractivity contribution in [3.8, 4) is 11.5 Å². The lowest BCUT2D eigenvalue weighted by molar-refractivity contribution is 0.103. The summed E-state index contributed by atoms with van der Waals surface area (Å²) in [6, 6.07) is 2.37. The number of ketones is 1. The van der Waals surface area contributed by atoms with Gasteiger partial charge < -0.3 is 20.5 Å². The number of carbonyl (C=O) groups excluding carboxylic acids is 1. The van der Waals surface area contributed by atoms with E-state index in [1.165, 1.54) is 12.1 Å². The number of oxime groups is 1. The normalized spacial score (nSPS) is 17.0. The topological polar surface area (TPSA) is 110 Å². The summed E-state index contributed by atoms with van der Waals surface area (Å²) in [7, 11) is 0. The number of aliphatic hydroxyl groups is 1. The van der Waals surface area contributed by atoms with Crippen LogP contribution in [0.5, 0.6) is 11.5 Å². The molecule has 1 aliphatic carbocycles. The molecule has 116 valence electrons. The maximum Gasteiger partial charge on any atom is 0.190 e. The third-order valence-electron chi connectivity index (χ3n) is 3.41. The van der Waals surface area contributed by atoms with E-state index in [9.17, 15) is 25.3 Å². The molecule has 0 heterocycles. The predicted molar refractivity (Wildman–Crippen MR) is 80.6 cm³/mol. The number of allylic oxidation sites excluding steroid dienone is 2. The fraction of sp³-hybridized carbons (Fsp3) is 0.250. The number of benzene rings is 1. The summed E-state index contributed by atoms with van der Waals surface area (Å²) >= 11 is 0. The number of aromatic hydroxyl groups is 2. The van der Waals surface area contributed by atoms with Crippen molar-refractivity contribution < 1.29 is 25.3 Å². The zero-order valence-electron chi connectivity index (χ0n) is 12.2. The molecule has 0 saturated carbocycles. The van der Waals surface area contributed by atoms with Gasteiger partial charge in [-0.2, -0.15) is 0 Å². The number of rotatable bonds is 3. The van der Waals surface area contributed by atoms with Gasteiger partial charge in [0.25, 0.3) is 0 Å². The van der Waals surface area contributed by atoms with Gasteiger partial charge in [-0.15, -0.1) is 0 Å². The fourth-order valence-corrected chi connectivity index (χ4v) is 2.33. The summed E-state index contributed by atoms with van der Waals surface area (Å²) in [4.78, 5) is 12.2. The van der Waals surface area contributed by atoms with Gasteiger partial charge in [-0.1, -0.05) is 16.8 Å². The van der Waals surface area contributed by atoms with Gasteiger partial charge in [0.05, 0.1) is 17.2 Å². The van der Waals surface area contributed by atoms with Crippen LogP contribution in [-0.2, 0) is 0 Å². The first kappa shape index (κ1) is 15.8. The van der Waals surface area contributed by atoms with Crippen molar-refractivity contribution in [2.75, 3.05) is 0 Å². The van der Waals surface area contributed by atoms with Crippen LogP contribution in [0, 0.1) is 0 Å². The Bertz CT molecular complexity index is 711. The van der Waals surface area contributed by atoms with Crippen LogP contribution in [0.2, 0.25) is 0 Å². The standard InChI is InChI=1S/C16H17NO5/c1-8(2)3-4-10(18)9-7-13(21)14-11(19)5-6-12(20)15(14)16(9)17-22/h3,5-7,10,18-20,22H,4H2,1-2H3/t10-/m1/s1. The smallest absolute Gasteiger partial charge is 0.190 e. The van der Waals surface area contributed by atoms with Gasteiger partial charge in [0.1, 0.15) is 17.2 Å². The first-order chi connectivity index (χ1) is 10.4. The second-order valence-corrected chi connectivity index (χ2v) is 5.30. The van der Waals surface area contributed by atoms with Crippen LogP contribution in [0.3, 0.4) is 0 Å². The summed E-state index contributed by atoms with van der Waals surface area (Å²) in [6.07, 6.45) is 2.05. The zero-order valence-corrected chi connectivity index (χ0v) is 12.2. The van der Waals surface area contributed by atoms with E-state index in [-0.39, 0.29) is 40.3 Å². The lowest BCUT2D eigenvalue weighted by Crippen LogP contribution is -2.26. The molecule has 1 atom stereocenters. The summed E-state index contributed by atoms with van der Waals surface area (Å²) in [5.41, 5.74) is 0.730. The van der Waals surface area contributed by atoms with Crippen molar-refractivity contribution in [1.29, 1.82) is 0 Å². The third kappa shape index (κ3) is 2.73. The number of phenolic OH excluding ortho intramolecular Hbond substituents is 2. The van der Waals surface area contributed by atoms with Gasteiger partial charge in [-0.3, -0.25) is 4.79 Å². The molecule has 22 heavy (non-hydrogen) atoms. The number of hydrogen-bond acceptors (Lipinski definition) is 6. The van der Waals surface area contributed by atoms with Crippen molar-refractivity contribution in [1.82, 2.24) is 0 Å². The summed E-state index contributed by atoms with van der Waals surface area (Å²) in [5.74, 6) is -1.20. The van der Waals surface area contributed by atoms with Gasteiger partial charge >= 0.3 is 0 Å². The van der Waals surface area contributed by atoms with E-state index < -0.39 is 11.9 Å². The fourth-order valence-electron chi connectivity index (χ4n) is 2.33. The predicted octanol–water partition coefficient (Wildman–Crippen LogP) is 2.12. The zero-order chi connectivity index (χ0) is 16.4. The Labute approximate surface area is 127 Å². The number of nitrogens with zero attached hydrogens (tertiary/aromatic N) is 1. The molecule has 0 unspecified atom stereocenters. The first-order valence-electron chi connectivity index (χ1n) is 6.72. The van der Waals surface area contributed by atoms with E-state index in [2.05, 4.69) is 5.16 Å². The Morgan fingerprint density at radius 2 is 1.82 bits per heavy atom.